The Morgan fingerprint density at radius 1 is 1.29 bits per heavy atom. The summed E-state index contributed by atoms with van der Waals surface area (Å²) in [6, 6.07) is 0.863. The summed E-state index contributed by atoms with van der Waals surface area (Å²) in [6.07, 6.45) is 0.639. The van der Waals surface area contributed by atoms with Crippen LogP contribution in [0.25, 0.3) is 0 Å². The molecule has 0 fully saturated rings. The van der Waals surface area contributed by atoms with Gasteiger partial charge in [0, 0.05) is 5.21 Å². The highest BCUT2D eigenvalue weighted by atomic mass is 32.2. The summed E-state index contributed by atoms with van der Waals surface area (Å²) >= 11 is 0.928. The molecular formula is C7HF4NOS. The molecule has 3 rings (SSSR count). The average molecular weight is 223 g/mol. The van der Waals surface area contributed by atoms with Gasteiger partial charge in [-0.2, -0.15) is 0 Å². The summed E-state index contributed by atoms with van der Waals surface area (Å²) in [4.78, 5) is 8.50. The molecule has 0 unspecified atom stereocenters. The highest BCUT2D eigenvalue weighted by Crippen LogP contribution is 2.45. The molecule has 2 bridgehead atoms. The van der Waals surface area contributed by atoms with Crippen molar-refractivity contribution in [2.24, 2.45) is 5.21 Å². The maximum atomic E-state index is 12.4. The quantitative estimate of drug-likeness (QED) is 0.297. The Kier molecular flexibility index (Phi) is 3.27. The Morgan fingerprint density at radius 2 is 1.86 bits per heavy atom. The van der Waals surface area contributed by atoms with Crippen molar-refractivity contribution in [3.63, 3.8) is 0 Å². The van der Waals surface area contributed by atoms with Gasteiger partial charge in [-0.3, -0.25) is 0 Å². The maximum Gasteiger partial charge on any atom is 0.269 e. The number of hydrogen-bond donors (Lipinski definition) is 0. The second-order valence-electron chi connectivity index (χ2n) is 2.09. The Hall–Kier alpha value is -1.33. The van der Waals surface area contributed by atoms with Crippen LogP contribution in [0.3, 0.4) is 0 Å². The number of benzene rings is 1. The molecule has 1 aromatic rings. The van der Waals surface area contributed by atoms with Gasteiger partial charge in [-0.25, -0.2) is 18.0 Å². The van der Waals surface area contributed by atoms with Crippen molar-refractivity contribution in [1.82, 2.24) is 0 Å². The molecule has 1 aromatic carbocycles. The van der Waals surface area contributed by atoms with Crippen LogP contribution < -0.4 is 0 Å². The van der Waals surface area contributed by atoms with E-state index in [4.69, 9.17) is 4.79 Å². The highest BCUT2D eigenvalue weighted by Gasteiger charge is 2.28. The molecule has 2 heterocycles. The molecule has 0 aliphatic carbocycles. The first kappa shape index (κ1) is 10.7. The van der Waals surface area contributed by atoms with Crippen molar-refractivity contribution in [1.29, 1.82) is 0 Å². The Labute approximate surface area is 79.6 Å². The summed E-state index contributed by atoms with van der Waals surface area (Å²) < 4.78 is 47.0. The van der Waals surface area contributed by atoms with E-state index in [0.29, 0.717) is 6.08 Å². The van der Waals surface area contributed by atoms with E-state index in [0.717, 1.165) is 17.8 Å². The van der Waals surface area contributed by atoms with Crippen LogP contribution in [0.15, 0.2) is 21.1 Å². The third kappa shape index (κ3) is 1.78. The number of nitrogens with zero attached hydrogens (tertiary/aromatic N) is 1. The zero-order valence-electron chi connectivity index (χ0n) is 6.35. The fourth-order valence-electron chi connectivity index (χ4n) is 0.786. The third-order valence-electron chi connectivity index (χ3n) is 1.33. The molecule has 0 N–H and O–H groups in total. The molecule has 0 saturated carbocycles. The molecule has 0 spiro atoms. The molecular weight excluding hydrogens is 222 g/mol. The number of carbonyl (C=O) groups excluding carboxylic acids is 1. The van der Waals surface area contributed by atoms with Crippen LogP contribution in [0.5, 0.6) is 0 Å². The predicted octanol–water partition coefficient (Wildman–Crippen LogP) is 2.78. The normalized spacial score (nSPS) is 10.6. The monoisotopic (exact) mass is 223 g/mol. The minimum atomic E-state index is -1.07. The van der Waals surface area contributed by atoms with Gasteiger partial charge in [0.15, 0.2) is 17.5 Å². The van der Waals surface area contributed by atoms with Gasteiger partial charge >= 0.3 is 0 Å². The number of halogens is 4. The van der Waals surface area contributed by atoms with Gasteiger partial charge in [0.25, 0.3) is 6.08 Å². The average Bonchev–Trinajstić information content (AvgIpc) is 2.20. The number of fused-ring (bicyclic) bond motifs is 2. The standard InChI is InChI=1S/C6HF3S.CFNO/c7-2-1-3-5(9)6(10-3)4(2)8;2-3-1-4/h1H;. The first-order valence-electron chi connectivity index (χ1n) is 3.15. The van der Waals surface area contributed by atoms with Crippen LogP contribution in [0.1, 0.15) is 0 Å². The molecule has 0 radical (unpaired) electrons. The molecule has 0 aromatic heterocycles. The topological polar surface area (TPSA) is 29.4 Å². The SMILES string of the molecule is Fc1cc2c(F)c(c1F)S2.O=C=NF. The van der Waals surface area contributed by atoms with E-state index in [9.17, 15) is 17.7 Å². The van der Waals surface area contributed by atoms with Crippen molar-refractivity contribution >= 4 is 17.8 Å². The molecule has 2 aliphatic rings. The fraction of sp³-hybridized carbons (Fsp3) is 0. The van der Waals surface area contributed by atoms with Crippen LogP contribution in [-0.4, -0.2) is 6.08 Å². The zero-order chi connectivity index (χ0) is 10.7. The lowest BCUT2D eigenvalue weighted by Crippen LogP contribution is -2.03. The molecule has 0 saturated heterocycles. The molecule has 14 heavy (non-hydrogen) atoms. The van der Waals surface area contributed by atoms with Gasteiger partial charge in [0.1, 0.15) is 0 Å². The Balaban J connectivity index is 0.000000213. The number of isocyanates is 1. The van der Waals surface area contributed by atoms with Gasteiger partial charge in [-0.05, 0) is 6.07 Å². The lowest BCUT2D eigenvalue weighted by molar-refractivity contribution is 0.446. The number of hydrogen-bond acceptors (Lipinski definition) is 3. The second-order valence-corrected chi connectivity index (χ2v) is 3.14. The van der Waals surface area contributed by atoms with Gasteiger partial charge in [0.2, 0.25) is 0 Å². The molecule has 0 atom stereocenters. The van der Waals surface area contributed by atoms with Crippen molar-refractivity contribution in [2.75, 3.05) is 0 Å². The van der Waals surface area contributed by atoms with E-state index in [1.54, 1.807) is 0 Å². The summed E-state index contributed by atoms with van der Waals surface area (Å²) in [5.74, 6) is -2.66. The minimum Gasteiger partial charge on any atom is -0.209 e. The zero-order valence-corrected chi connectivity index (χ0v) is 7.17. The van der Waals surface area contributed by atoms with Crippen LogP contribution in [0.2, 0.25) is 0 Å². The smallest absolute Gasteiger partial charge is 0.209 e. The summed E-state index contributed by atoms with van der Waals surface area (Å²) in [5, 5.41) is 1.43. The lowest BCUT2D eigenvalue weighted by atomic mass is 10.3. The molecule has 74 valence electrons. The van der Waals surface area contributed by atoms with Gasteiger partial charge in [-0.1, -0.05) is 16.2 Å². The second kappa shape index (κ2) is 4.26. The van der Waals surface area contributed by atoms with Crippen molar-refractivity contribution in [3.05, 3.63) is 23.5 Å². The van der Waals surface area contributed by atoms with E-state index < -0.39 is 17.5 Å². The van der Waals surface area contributed by atoms with Crippen molar-refractivity contribution in [2.45, 2.75) is 9.79 Å². The first-order chi connectivity index (χ1) is 6.61. The highest BCUT2D eigenvalue weighted by molar-refractivity contribution is 8.00. The summed E-state index contributed by atoms with van der Waals surface area (Å²) in [5.41, 5.74) is 0. The third-order valence-corrected chi connectivity index (χ3v) is 2.41. The molecule has 7 heteroatoms. The van der Waals surface area contributed by atoms with E-state index in [1.165, 1.54) is 5.21 Å². The maximum absolute atomic E-state index is 12.4. The van der Waals surface area contributed by atoms with Gasteiger partial charge < -0.3 is 0 Å². The van der Waals surface area contributed by atoms with E-state index in [1.807, 2.05) is 0 Å². The Bertz CT molecular complexity index is 408. The van der Waals surface area contributed by atoms with Gasteiger partial charge in [-0.15, -0.1) is 0 Å². The van der Waals surface area contributed by atoms with E-state index in [-0.39, 0.29) is 9.79 Å². The van der Waals surface area contributed by atoms with Crippen LogP contribution in [0.4, 0.5) is 17.7 Å². The van der Waals surface area contributed by atoms with Gasteiger partial charge in [0.05, 0.1) is 9.79 Å². The minimum absolute atomic E-state index is 0.189. The Morgan fingerprint density at radius 3 is 2.14 bits per heavy atom. The lowest BCUT2D eigenvalue weighted by Gasteiger charge is -2.16. The predicted molar refractivity (Wildman–Crippen MR) is 39.7 cm³/mol. The van der Waals surface area contributed by atoms with Crippen LogP contribution in [0, 0.1) is 17.5 Å². The van der Waals surface area contributed by atoms with Crippen molar-refractivity contribution in [3.8, 4) is 0 Å². The van der Waals surface area contributed by atoms with Crippen molar-refractivity contribution < 1.29 is 22.4 Å². The van der Waals surface area contributed by atoms with Crippen LogP contribution in [-0.2, 0) is 4.79 Å². The summed E-state index contributed by atoms with van der Waals surface area (Å²) in [6.45, 7) is 0. The largest absolute Gasteiger partial charge is 0.269 e. The van der Waals surface area contributed by atoms with Crippen LogP contribution >= 0.6 is 11.8 Å². The fourth-order valence-corrected chi connectivity index (χ4v) is 1.59. The number of rotatable bonds is 0. The molecule has 0 amide bonds. The molecule has 2 nitrogen and oxygen atoms in total. The van der Waals surface area contributed by atoms with E-state index >= 15 is 0 Å². The van der Waals surface area contributed by atoms with E-state index in [2.05, 4.69) is 0 Å². The molecule has 2 aliphatic heterocycles. The first-order valence-corrected chi connectivity index (χ1v) is 3.97. The summed E-state index contributed by atoms with van der Waals surface area (Å²) in [7, 11) is 0.